The molecule has 142 valence electrons. The summed E-state index contributed by atoms with van der Waals surface area (Å²) in [5.74, 6) is 0.136. The highest BCUT2D eigenvalue weighted by atomic mass is 19.1. The molecular formula is C22H21FN4O. The molecule has 0 N–H and O–H groups in total. The summed E-state index contributed by atoms with van der Waals surface area (Å²) in [6.45, 7) is 4.40. The van der Waals surface area contributed by atoms with Crippen LogP contribution in [0.25, 0.3) is 11.1 Å². The molecule has 0 unspecified atom stereocenters. The van der Waals surface area contributed by atoms with Crippen molar-refractivity contribution < 1.29 is 9.18 Å². The highest BCUT2D eigenvalue weighted by Crippen LogP contribution is 2.25. The number of carbonyl (C=O) groups is 1. The number of hydrogen-bond acceptors (Lipinski definition) is 4. The number of halogens is 1. The van der Waals surface area contributed by atoms with Gasteiger partial charge in [-0.15, -0.1) is 0 Å². The Morgan fingerprint density at radius 2 is 1.64 bits per heavy atom. The zero-order valence-electron chi connectivity index (χ0n) is 15.7. The van der Waals surface area contributed by atoms with Crippen molar-refractivity contribution in [3.63, 3.8) is 0 Å². The van der Waals surface area contributed by atoms with Gasteiger partial charge in [0.05, 0.1) is 0 Å². The van der Waals surface area contributed by atoms with E-state index in [0.717, 1.165) is 11.1 Å². The monoisotopic (exact) mass is 376 g/mol. The normalized spacial score (nSPS) is 14.2. The summed E-state index contributed by atoms with van der Waals surface area (Å²) < 4.78 is 14.7. The van der Waals surface area contributed by atoms with Crippen LogP contribution in [0.15, 0.2) is 60.9 Å². The van der Waals surface area contributed by atoms with Crippen LogP contribution in [0, 0.1) is 12.7 Å². The lowest BCUT2D eigenvalue weighted by Crippen LogP contribution is -2.49. The number of hydrogen-bond donors (Lipinski definition) is 0. The molecule has 6 heteroatoms. The fraction of sp³-hybridized carbons (Fsp3) is 0.227. The first kappa shape index (κ1) is 18.1. The second-order valence-electron chi connectivity index (χ2n) is 6.89. The van der Waals surface area contributed by atoms with E-state index in [1.165, 1.54) is 6.07 Å². The van der Waals surface area contributed by atoms with Gasteiger partial charge in [0.1, 0.15) is 5.82 Å². The molecule has 4 rings (SSSR count). The maximum Gasteiger partial charge on any atom is 0.254 e. The average Bonchev–Trinajstić information content (AvgIpc) is 2.75. The zero-order valence-corrected chi connectivity index (χ0v) is 15.7. The Bertz CT molecular complexity index is 968. The molecule has 0 bridgehead atoms. The lowest BCUT2D eigenvalue weighted by Gasteiger charge is -2.34. The van der Waals surface area contributed by atoms with E-state index < -0.39 is 0 Å². The first-order valence-corrected chi connectivity index (χ1v) is 9.29. The van der Waals surface area contributed by atoms with Gasteiger partial charge in [0.15, 0.2) is 0 Å². The second-order valence-corrected chi connectivity index (χ2v) is 6.89. The zero-order chi connectivity index (χ0) is 19.5. The van der Waals surface area contributed by atoms with Crippen molar-refractivity contribution in [1.82, 2.24) is 14.9 Å². The predicted octanol–water partition coefficient (Wildman–Crippen LogP) is 3.55. The topological polar surface area (TPSA) is 49.3 Å². The SMILES string of the molecule is Cc1ccc(-c2ccc(C(=O)N3CCN(c4ncccn4)CC3)cc2F)cc1. The molecule has 1 aliphatic heterocycles. The molecule has 1 saturated heterocycles. The summed E-state index contributed by atoms with van der Waals surface area (Å²) in [5.41, 5.74) is 2.80. The Morgan fingerprint density at radius 3 is 2.29 bits per heavy atom. The molecule has 5 nitrogen and oxygen atoms in total. The molecule has 0 aliphatic carbocycles. The third-order valence-corrected chi connectivity index (χ3v) is 4.98. The van der Waals surface area contributed by atoms with Gasteiger partial charge in [-0.1, -0.05) is 35.9 Å². The Labute approximate surface area is 163 Å². The van der Waals surface area contributed by atoms with Crippen LogP contribution in [0.5, 0.6) is 0 Å². The van der Waals surface area contributed by atoms with Crippen molar-refractivity contribution in [3.05, 3.63) is 77.9 Å². The van der Waals surface area contributed by atoms with Crippen LogP contribution in [0.4, 0.5) is 10.3 Å². The third kappa shape index (κ3) is 3.71. The molecule has 3 aromatic rings. The Kier molecular flexibility index (Phi) is 5.02. The van der Waals surface area contributed by atoms with Gasteiger partial charge in [0.2, 0.25) is 5.95 Å². The summed E-state index contributed by atoms with van der Waals surface area (Å²) >= 11 is 0. The Balaban J connectivity index is 1.45. The van der Waals surface area contributed by atoms with E-state index in [2.05, 4.69) is 9.97 Å². The van der Waals surface area contributed by atoms with E-state index in [1.807, 2.05) is 36.1 Å². The third-order valence-electron chi connectivity index (χ3n) is 4.98. The number of carbonyl (C=O) groups excluding carboxylic acids is 1. The highest BCUT2D eigenvalue weighted by molar-refractivity contribution is 5.95. The fourth-order valence-corrected chi connectivity index (χ4v) is 3.36. The van der Waals surface area contributed by atoms with E-state index in [-0.39, 0.29) is 11.7 Å². The van der Waals surface area contributed by atoms with Gasteiger partial charge in [0.25, 0.3) is 5.91 Å². The molecular weight excluding hydrogens is 355 g/mol. The van der Waals surface area contributed by atoms with Crippen LogP contribution < -0.4 is 4.90 Å². The summed E-state index contributed by atoms with van der Waals surface area (Å²) in [4.78, 5) is 25.1. The van der Waals surface area contributed by atoms with Crippen molar-refractivity contribution in [2.75, 3.05) is 31.1 Å². The second kappa shape index (κ2) is 7.76. The average molecular weight is 376 g/mol. The van der Waals surface area contributed by atoms with Crippen molar-refractivity contribution >= 4 is 11.9 Å². The van der Waals surface area contributed by atoms with E-state index in [1.54, 1.807) is 35.5 Å². The first-order valence-electron chi connectivity index (χ1n) is 9.29. The predicted molar refractivity (Wildman–Crippen MR) is 107 cm³/mol. The number of anilines is 1. The molecule has 0 spiro atoms. The highest BCUT2D eigenvalue weighted by Gasteiger charge is 2.24. The lowest BCUT2D eigenvalue weighted by atomic mass is 10.0. The molecule has 0 atom stereocenters. The fourth-order valence-electron chi connectivity index (χ4n) is 3.36. The summed E-state index contributed by atoms with van der Waals surface area (Å²) in [6, 6.07) is 14.2. The number of benzene rings is 2. The van der Waals surface area contributed by atoms with Gasteiger partial charge >= 0.3 is 0 Å². The van der Waals surface area contributed by atoms with E-state index in [9.17, 15) is 9.18 Å². The number of piperazine rings is 1. The Morgan fingerprint density at radius 1 is 0.964 bits per heavy atom. The molecule has 1 aliphatic rings. The largest absolute Gasteiger partial charge is 0.337 e. The number of rotatable bonds is 3. The van der Waals surface area contributed by atoms with Gasteiger partial charge in [-0.25, -0.2) is 14.4 Å². The van der Waals surface area contributed by atoms with E-state index in [4.69, 9.17) is 0 Å². The summed E-state index contributed by atoms with van der Waals surface area (Å²) in [5, 5.41) is 0. The van der Waals surface area contributed by atoms with Crippen molar-refractivity contribution in [2.45, 2.75) is 6.92 Å². The number of aryl methyl sites for hydroxylation is 1. The van der Waals surface area contributed by atoms with Crippen molar-refractivity contribution in [2.24, 2.45) is 0 Å². The molecule has 2 aromatic carbocycles. The minimum absolute atomic E-state index is 0.150. The first-order chi connectivity index (χ1) is 13.6. The van der Waals surface area contributed by atoms with Crippen LogP contribution in [-0.2, 0) is 0 Å². The lowest BCUT2D eigenvalue weighted by molar-refractivity contribution is 0.0745. The molecule has 0 radical (unpaired) electrons. The molecule has 1 aromatic heterocycles. The van der Waals surface area contributed by atoms with Gasteiger partial charge in [0, 0.05) is 49.7 Å². The number of nitrogens with zero attached hydrogens (tertiary/aromatic N) is 4. The Hall–Kier alpha value is -3.28. The number of amides is 1. The van der Waals surface area contributed by atoms with E-state index in [0.29, 0.717) is 43.3 Å². The minimum Gasteiger partial charge on any atom is -0.337 e. The maximum absolute atomic E-state index is 14.7. The molecule has 2 heterocycles. The van der Waals surface area contributed by atoms with Crippen LogP contribution in [0.2, 0.25) is 0 Å². The maximum atomic E-state index is 14.7. The minimum atomic E-state index is -0.383. The van der Waals surface area contributed by atoms with Crippen LogP contribution in [0.1, 0.15) is 15.9 Å². The molecule has 1 fully saturated rings. The quantitative estimate of drug-likeness (QED) is 0.701. The van der Waals surface area contributed by atoms with Crippen molar-refractivity contribution in [3.8, 4) is 11.1 Å². The van der Waals surface area contributed by atoms with Crippen LogP contribution in [0.3, 0.4) is 0 Å². The van der Waals surface area contributed by atoms with Gasteiger partial charge in [-0.2, -0.15) is 0 Å². The molecule has 0 saturated carbocycles. The van der Waals surface area contributed by atoms with Gasteiger partial charge < -0.3 is 9.80 Å². The van der Waals surface area contributed by atoms with E-state index >= 15 is 0 Å². The van der Waals surface area contributed by atoms with Crippen LogP contribution >= 0.6 is 0 Å². The standard InChI is InChI=1S/C22H21FN4O/c1-16-3-5-17(6-4-16)19-8-7-18(15-20(19)23)21(28)26-11-13-27(14-12-26)22-24-9-2-10-25-22/h2-10,15H,11-14H2,1H3. The van der Waals surface area contributed by atoms with Gasteiger partial charge in [-0.3, -0.25) is 4.79 Å². The molecule has 28 heavy (non-hydrogen) atoms. The molecule has 1 amide bonds. The van der Waals surface area contributed by atoms with Gasteiger partial charge in [-0.05, 0) is 30.7 Å². The number of aromatic nitrogens is 2. The van der Waals surface area contributed by atoms with Crippen molar-refractivity contribution in [1.29, 1.82) is 0 Å². The summed E-state index contributed by atoms with van der Waals surface area (Å²) in [6.07, 6.45) is 3.41. The van der Waals surface area contributed by atoms with Crippen LogP contribution in [-0.4, -0.2) is 47.0 Å². The smallest absolute Gasteiger partial charge is 0.254 e. The summed E-state index contributed by atoms with van der Waals surface area (Å²) in [7, 11) is 0.